The van der Waals surface area contributed by atoms with E-state index in [2.05, 4.69) is 5.32 Å². The minimum absolute atomic E-state index is 0.110. The Labute approximate surface area is 124 Å². The van der Waals surface area contributed by atoms with Gasteiger partial charge in [0.1, 0.15) is 5.69 Å². The topological polar surface area (TPSA) is 92.5 Å². The molecule has 0 bridgehead atoms. The van der Waals surface area contributed by atoms with Gasteiger partial charge in [0, 0.05) is 12.1 Å². The minimum atomic E-state index is -0.835. The summed E-state index contributed by atoms with van der Waals surface area (Å²) < 4.78 is 0. The molecule has 1 aromatic carbocycles. The Balaban J connectivity index is 2.19. The summed E-state index contributed by atoms with van der Waals surface area (Å²) in [5.41, 5.74) is 0.0959. The molecule has 0 amide bonds. The minimum Gasteiger partial charge on any atom is -0.481 e. The number of nitrogens with zero attached hydrogens (tertiary/aromatic N) is 1. The van der Waals surface area contributed by atoms with Crippen LogP contribution in [0.4, 0.5) is 11.4 Å². The lowest BCUT2D eigenvalue weighted by molar-refractivity contribution is -0.384. The van der Waals surface area contributed by atoms with Gasteiger partial charge in [-0.15, -0.1) is 0 Å². The Morgan fingerprint density at radius 3 is 2.55 bits per heavy atom. The summed E-state index contributed by atoms with van der Waals surface area (Å²) in [5.74, 6) is -1.24. The van der Waals surface area contributed by atoms with Gasteiger partial charge in [0.2, 0.25) is 0 Å². The lowest BCUT2D eigenvalue weighted by atomic mass is 10.1. The lowest BCUT2D eigenvalue weighted by Gasteiger charge is -2.14. The summed E-state index contributed by atoms with van der Waals surface area (Å²) in [4.78, 5) is 21.4. The Hall–Kier alpha value is -1.53. The van der Waals surface area contributed by atoms with Gasteiger partial charge in [-0.2, -0.15) is 0 Å². The molecule has 1 aliphatic carbocycles. The van der Waals surface area contributed by atoms with E-state index in [1.54, 1.807) is 0 Å². The fraction of sp³-hybridized carbons (Fsp3) is 0.417. The smallest absolute Gasteiger partial charge is 0.306 e. The first-order chi connectivity index (χ1) is 9.38. The van der Waals surface area contributed by atoms with Crippen molar-refractivity contribution in [2.24, 2.45) is 5.92 Å². The first-order valence-electron chi connectivity index (χ1n) is 6.01. The average Bonchev–Trinajstić information content (AvgIpc) is 2.82. The summed E-state index contributed by atoms with van der Waals surface area (Å²) in [5, 5.41) is 23.3. The molecule has 2 atom stereocenters. The Morgan fingerprint density at radius 2 is 2.00 bits per heavy atom. The van der Waals surface area contributed by atoms with Crippen LogP contribution in [0.15, 0.2) is 12.1 Å². The molecule has 6 nitrogen and oxygen atoms in total. The third kappa shape index (κ3) is 3.13. The van der Waals surface area contributed by atoms with E-state index in [0.29, 0.717) is 19.3 Å². The maximum atomic E-state index is 11.0. The summed E-state index contributed by atoms with van der Waals surface area (Å²) >= 11 is 11.6. The summed E-state index contributed by atoms with van der Waals surface area (Å²) in [7, 11) is 0. The highest BCUT2D eigenvalue weighted by molar-refractivity contribution is 6.42. The normalized spacial score (nSPS) is 21.7. The zero-order chi connectivity index (χ0) is 14.9. The van der Waals surface area contributed by atoms with Crippen molar-refractivity contribution in [3.8, 4) is 0 Å². The van der Waals surface area contributed by atoms with Crippen molar-refractivity contribution < 1.29 is 14.8 Å². The number of halogens is 2. The molecule has 1 fully saturated rings. The number of benzene rings is 1. The number of carboxylic acid groups (broad SMARTS) is 1. The quantitative estimate of drug-likeness (QED) is 0.654. The number of anilines is 1. The predicted molar refractivity (Wildman–Crippen MR) is 75.5 cm³/mol. The number of rotatable bonds is 4. The van der Waals surface area contributed by atoms with E-state index in [1.165, 1.54) is 12.1 Å². The highest BCUT2D eigenvalue weighted by atomic mass is 35.5. The molecule has 0 heterocycles. The van der Waals surface area contributed by atoms with Crippen molar-refractivity contribution in [2.75, 3.05) is 5.32 Å². The second-order valence-corrected chi connectivity index (χ2v) is 5.54. The predicted octanol–water partition coefficient (Wildman–Crippen LogP) is 3.57. The fourth-order valence-electron chi connectivity index (χ4n) is 2.36. The van der Waals surface area contributed by atoms with Gasteiger partial charge in [-0.1, -0.05) is 23.2 Å². The number of aliphatic carboxylic acids is 1. The van der Waals surface area contributed by atoms with Crippen LogP contribution < -0.4 is 5.32 Å². The van der Waals surface area contributed by atoms with Crippen molar-refractivity contribution in [2.45, 2.75) is 25.3 Å². The second kappa shape index (κ2) is 5.85. The van der Waals surface area contributed by atoms with Crippen molar-refractivity contribution in [3.63, 3.8) is 0 Å². The van der Waals surface area contributed by atoms with Crippen LogP contribution in [0.1, 0.15) is 19.3 Å². The first kappa shape index (κ1) is 14.9. The molecular weight excluding hydrogens is 307 g/mol. The van der Waals surface area contributed by atoms with E-state index >= 15 is 0 Å². The highest BCUT2D eigenvalue weighted by Gasteiger charge is 2.31. The number of nitrogens with one attached hydrogen (secondary N) is 1. The van der Waals surface area contributed by atoms with E-state index in [1.807, 2.05) is 0 Å². The molecule has 8 heteroatoms. The summed E-state index contributed by atoms with van der Waals surface area (Å²) in [6.45, 7) is 0. The molecule has 2 rings (SSSR count). The number of carbonyl (C=O) groups is 1. The van der Waals surface area contributed by atoms with Crippen LogP contribution in [-0.2, 0) is 4.79 Å². The molecule has 1 saturated carbocycles. The third-order valence-electron chi connectivity index (χ3n) is 3.38. The largest absolute Gasteiger partial charge is 0.481 e. The molecule has 0 aromatic heterocycles. The van der Waals surface area contributed by atoms with Gasteiger partial charge >= 0.3 is 5.97 Å². The molecule has 20 heavy (non-hydrogen) atoms. The number of nitro benzene ring substituents is 1. The number of carboxylic acids is 1. The maximum Gasteiger partial charge on any atom is 0.306 e. The van der Waals surface area contributed by atoms with Crippen LogP contribution in [0.2, 0.25) is 10.0 Å². The lowest BCUT2D eigenvalue weighted by Crippen LogP contribution is -2.18. The molecule has 2 N–H and O–H groups in total. The third-order valence-corrected chi connectivity index (χ3v) is 4.10. The van der Waals surface area contributed by atoms with Gasteiger partial charge in [-0.25, -0.2) is 0 Å². The molecule has 1 aliphatic rings. The Kier molecular flexibility index (Phi) is 4.35. The monoisotopic (exact) mass is 318 g/mol. The molecule has 0 aliphatic heterocycles. The molecule has 108 valence electrons. The molecule has 0 radical (unpaired) electrons. The second-order valence-electron chi connectivity index (χ2n) is 4.73. The summed E-state index contributed by atoms with van der Waals surface area (Å²) in [6.07, 6.45) is 1.64. The molecule has 1 aromatic rings. The van der Waals surface area contributed by atoms with Gasteiger partial charge in [0.25, 0.3) is 5.69 Å². The standard InChI is InChI=1S/C12H12Cl2N2O4/c13-8-4-10(11(16(19)20)5-9(8)14)15-7-2-1-6(3-7)12(17)18/h4-7,15H,1-3H2,(H,17,18). The van der Waals surface area contributed by atoms with Gasteiger partial charge in [-0.05, 0) is 25.3 Å². The van der Waals surface area contributed by atoms with E-state index in [4.69, 9.17) is 28.3 Å². The van der Waals surface area contributed by atoms with E-state index < -0.39 is 16.8 Å². The zero-order valence-electron chi connectivity index (χ0n) is 10.3. The zero-order valence-corrected chi connectivity index (χ0v) is 11.8. The van der Waals surface area contributed by atoms with Gasteiger partial charge in [-0.3, -0.25) is 14.9 Å². The SMILES string of the molecule is O=C(O)C1CCC(Nc2cc(Cl)c(Cl)cc2[N+](=O)[O-])C1. The number of hydrogen-bond acceptors (Lipinski definition) is 4. The van der Waals surface area contributed by atoms with Crippen molar-refractivity contribution in [1.82, 2.24) is 0 Å². The van der Waals surface area contributed by atoms with E-state index in [9.17, 15) is 14.9 Å². The average molecular weight is 319 g/mol. The van der Waals surface area contributed by atoms with E-state index in [-0.39, 0.29) is 27.5 Å². The van der Waals surface area contributed by atoms with Crippen LogP contribution in [-0.4, -0.2) is 22.0 Å². The highest BCUT2D eigenvalue weighted by Crippen LogP contribution is 2.36. The summed E-state index contributed by atoms with van der Waals surface area (Å²) in [6, 6.07) is 2.47. The number of nitro groups is 1. The number of hydrogen-bond donors (Lipinski definition) is 2. The maximum absolute atomic E-state index is 11.0. The molecule has 0 saturated heterocycles. The van der Waals surface area contributed by atoms with Crippen LogP contribution in [0.3, 0.4) is 0 Å². The van der Waals surface area contributed by atoms with Crippen molar-refractivity contribution in [1.29, 1.82) is 0 Å². The molecule has 0 spiro atoms. The first-order valence-corrected chi connectivity index (χ1v) is 6.77. The van der Waals surface area contributed by atoms with Crippen LogP contribution in [0.5, 0.6) is 0 Å². The van der Waals surface area contributed by atoms with Gasteiger partial charge < -0.3 is 10.4 Å². The van der Waals surface area contributed by atoms with Crippen LogP contribution >= 0.6 is 23.2 Å². The van der Waals surface area contributed by atoms with Gasteiger partial charge in [0.15, 0.2) is 0 Å². The van der Waals surface area contributed by atoms with Crippen molar-refractivity contribution in [3.05, 3.63) is 32.3 Å². The van der Waals surface area contributed by atoms with Crippen LogP contribution in [0, 0.1) is 16.0 Å². The van der Waals surface area contributed by atoms with Crippen LogP contribution in [0.25, 0.3) is 0 Å². The fourth-order valence-corrected chi connectivity index (χ4v) is 2.68. The molecular formula is C12H12Cl2N2O4. The van der Waals surface area contributed by atoms with Crippen molar-refractivity contribution >= 4 is 40.5 Å². The van der Waals surface area contributed by atoms with Gasteiger partial charge in [0.05, 0.1) is 20.9 Å². The Morgan fingerprint density at radius 1 is 1.35 bits per heavy atom. The Bertz CT molecular complexity index is 565. The van der Waals surface area contributed by atoms with E-state index in [0.717, 1.165) is 0 Å². The molecule has 2 unspecified atom stereocenters.